The SMILES string of the molecule is Nc1ncnc2c1nc(Sc1ccc(Cl)cc1)n2[C@@H]1O[C@@H]2COP(=O)([O-])O[C@@H]2C[C@H]1O.[Na+]. The number of nitrogen functional groups attached to an aromatic ring is 1. The monoisotopic (exact) mass is 507 g/mol. The van der Waals surface area contributed by atoms with Gasteiger partial charge in [0, 0.05) is 16.3 Å². The minimum atomic E-state index is -4.40. The minimum absolute atomic E-state index is 0. The second-order valence-corrected chi connectivity index (χ2v) is 9.85. The van der Waals surface area contributed by atoms with Crippen LogP contribution in [0.3, 0.4) is 0 Å². The summed E-state index contributed by atoms with van der Waals surface area (Å²) in [5, 5.41) is 11.9. The molecule has 5 atom stereocenters. The summed E-state index contributed by atoms with van der Waals surface area (Å²) in [6.07, 6.45) is -2.25. The Bertz CT molecular complexity index is 1190. The third-order valence-corrected chi connectivity index (χ3v) is 7.17. The second kappa shape index (κ2) is 9.47. The van der Waals surface area contributed by atoms with E-state index in [9.17, 15) is 14.6 Å². The first kappa shape index (κ1) is 24.4. The van der Waals surface area contributed by atoms with Crippen LogP contribution in [-0.4, -0.2) is 49.5 Å². The molecular formula is C17H16ClN5NaO6PS. The first-order valence-corrected chi connectivity index (χ1v) is 11.9. The largest absolute Gasteiger partial charge is 1.00 e. The number of phosphoric acid groups is 1. The van der Waals surface area contributed by atoms with Gasteiger partial charge in [-0.3, -0.25) is 9.13 Å². The number of hydrogen-bond acceptors (Lipinski definition) is 11. The molecule has 2 aromatic heterocycles. The van der Waals surface area contributed by atoms with E-state index in [1.807, 2.05) is 12.1 Å². The van der Waals surface area contributed by atoms with Crippen molar-refractivity contribution >= 4 is 48.2 Å². The van der Waals surface area contributed by atoms with Crippen molar-refractivity contribution in [2.24, 2.45) is 0 Å². The van der Waals surface area contributed by atoms with Crippen molar-refractivity contribution in [1.29, 1.82) is 0 Å². The summed E-state index contributed by atoms with van der Waals surface area (Å²) in [7, 11) is -4.40. The number of imidazole rings is 1. The van der Waals surface area contributed by atoms with E-state index in [1.165, 1.54) is 18.1 Å². The zero-order chi connectivity index (χ0) is 21.8. The Balaban J connectivity index is 0.00000245. The van der Waals surface area contributed by atoms with Gasteiger partial charge in [-0.2, -0.15) is 0 Å². The van der Waals surface area contributed by atoms with Gasteiger partial charge in [0.2, 0.25) is 0 Å². The maximum atomic E-state index is 11.6. The molecule has 15 heteroatoms. The van der Waals surface area contributed by atoms with Crippen molar-refractivity contribution in [3.05, 3.63) is 35.6 Å². The van der Waals surface area contributed by atoms with Crippen molar-refractivity contribution in [2.75, 3.05) is 12.3 Å². The average Bonchev–Trinajstić information content (AvgIpc) is 3.08. The minimum Gasteiger partial charge on any atom is -0.756 e. The first-order valence-electron chi connectivity index (χ1n) is 9.20. The standard InChI is InChI=1S/C17H17ClN5O6PS.Na/c18-8-1-3-9(4-2-8)31-17-22-13-14(19)20-7-21-15(13)23(17)16-10(24)5-11-12(28-16)6-27-30(25,26)29-11;/h1-4,7,10-12,16,24H,5-6H2,(H,25,26)(H2,19,20,21);/q;+1/p-1/t10-,11-,12-,16-;/m1./s1. The predicted molar refractivity (Wildman–Crippen MR) is 108 cm³/mol. The molecule has 1 aromatic carbocycles. The summed E-state index contributed by atoms with van der Waals surface area (Å²) in [4.78, 5) is 25.3. The summed E-state index contributed by atoms with van der Waals surface area (Å²) < 4.78 is 29.0. The molecule has 32 heavy (non-hydrogen) atoms. The smallest absolute Gasteiger partial charge is 0.756 e. The Morgan fingerprint density at radius 3 is 2.78 bits per heavy atom. The molecule has 0 saturated carbocycles. The second-order valence-electron chi connectivity index (χ2n) is 7.01. The molecule has 11 nitrogen and oxygen atoms in total. The van der Waals surface area contributed by atoms with E-state index in [4.69, 9.17) is 31.1 Å². The molecule has 3 aromatic rings. The van der Waals surface area contributed by atoms with E-state index in [1.54, 1.807) is 16.7 Å². The van der Waals surface area contributed by atoms with Gasteiger partial charge in [-0.25, -0.2) is 15.0 Å². The third kappa shape index (κ3) is 4.73. The summed E-state index contributed by atoms with van der Waals surface area (Å²) in [5.41, 5.74) is 6.72. The van der Waals surface area contributed by atoms with Crippen LogP contribution in [0.15, 0.2) is 40.6 Å². The first-order chi connectivity index (χ1) is 14.8. The van der Waals surface area contributed by atoms with Crippen LogP contribution in [0.1, 0.15) is 12.6 Å². The van der Waals surface area contributed by atoms with Gasteiger partial charge in [0.05, 0.1) is 12.7 Å². The molecule has 0 aliphatic carbocycles. The van der Waals surface area contributed by atoms with Gasteiger partial charge in [-0.15, -0.1) is 0 Å². The van der Waals surface area contributed by atoms with Crippen LogP contribution in [0.4, 0.5) is 5.82 Å². The average molecular weight is 508 g/mol. The van der Waals surface area contributed by atoms with E-state index in [-0.39, 0.29) is 48.4 Å². The molecule has 2 fully saturated rings. The van der Waals surface area contributed by atoms with Crippen LogP contribution in [0.5, 0.6) is 0 Å². The number of benzene rings is 1. The summed E-state index contributed by atoms with van der Waals surface area (Å²) in [6, 6.07) is 7.15. The fourth-order valence-electron chi connectivity index (χ4n) is 3.53. The topological polar surface area (TPSA) is 158 Å². The van der Waals surface area contributed by atoms with Gasteiger partial charge in [-0.1, -0.05) is 23.4 Å². The Hall–Kier alpha value is -0.760. The van der Waals surface area contributed by atoms with Gasteiger partial charge < -0.3 is 29.5 Å². The normalized spacial score (nSPS) is 30.0. The molecule has 0 spiro atoms. The van der Waals surface area contributed by atoms with E-state index >= 15 is 0 Å². The van der Waals surface area contributed by atoms with Crippen LogP contribution in [0, 0.1) is 0 Å². The van der Waals surface area contributed by atoms with Crippen molar-refractivity contribution in [2.45, 2.75) is 41.0 Å². The maximum absolute atomic E-state index is 11.6. The van der Waals surface area contributed by atoms with Gasteiger partial charge in [-0.05, 0) is 24.3 Å². The fourth-order valence-corrected chi connectivity index (χ4v) is 5.51. The number of rotatable bonds is 3. The van der Waals surface area contributed by atoms with Gasteiger partial charge in [0.15, 0.2) is 28.4 Å². The Kier molecular flexibility index (Phi) is 7.21. The number of aromatic nitrogens is 4. The van der Waals surface area contributed by atoms with Crippen molar-refractivity contribution < 1.29 is 57.9 Å². The molecule has 1 unspecified atom stereocenters. The number of ether oxygens (including phenoxy) is 1. The zero-order valence-electron chi connectivity index (χ0n) is 16.7. The Morgan fingerprint density at radius 2 is 2.03 bits per heavy atom. The molecule has 5 rings (SSSR count). The molecule has 3 N–H and O–H groups in total. The number of nitrogens with zero attached hydrogens (tertiary/aromatic N) is 4. The number of halogens is 1. The molecule has 4 heterocycles. The quantitative estimate of drug-likeness (QED) is 0.322. The number of fused-ring (bicyclic) bond motifs is 2. The number of nitrogens with two attached hydrogens (primary N) is 1. The van der Waals surface area contributed by atoms with Gasteiger partial charge >= 0.3 is 29.6 Å². The Labute approximate surface area is 213 Å². The molecule has 2 aliphatic rings. The number of anilines is 1. The van der Waals surface area contributed by atoms with E-state index in [0.29, 0.717) is 21.3 Å². The fraction of sp³-hybridized carbons (Fsp3) is 0.353. The molecule has 2 aliphatic heterocycles. The molecule has 0 bridgehead atoms. The van der Waals surface area contributed by atoms with Gasteiger partial charge in [0.1, 0.15) is 18.5 Å². The van der Waals surface area contributed by atoms with Crippen LogP contribution in [0.2, 0.25) is 5.02 Å². The number of phosphoric ester groups is 1. The molecule has 0 radical (unpaired) electrons. The van der Waals surface area contributed by atoms with Crippen molar-refractivity contribution in [3.63, 3.8) is 0 Å². The number of aliphatic hydroxyl groups excluding tert-OH is 1. The van der Waals surface area contributed by atoms with Gasteiger partial charge in [0.25, 0.3) is 7.82 Å². The predicted octanol–water partition coefficient (Wildman–Crippen LogP) is -1.25. The molecule has 0 amide bonds. The number of hydrogen-bond donors (Lipinski definition) is 2. The van der Waals surface area contributed by atoms with Crippen molar-refractivity contribution in [3.8, 4) is 0 Å². The summed E-state index contributed by atoms with van der Waals surface area (Å²) in [6.45, 7) is -0.210. The van der Waals surface area contributed by atoms with Crippen LogP contribution in [0.25, 0.3) is 11.2 Å². The summed E-state index contributed by atoms with van der Waals surface area (Å²) in [5.74, 6) is 0.182. The van der Waals surface area contributed by atoms with E-state index < -0.39 is 32.4 Å². The van der Waals surface area contributed by atoms with E-state index in [2.05, 4.69) is 15.0 Å². The van der Waals surface area contributed by atoms with Crippen LogP contribution in [-0.2, 0) is 18.3 Å². The molecular weight excluding hydrogens is 492 g/mol. The maximum Gasteiger partial charge on any atom is 1.00 e. The van der Waals surface area contributed by atoms with Crippen molar-refractivity contribution in [1.82, 2.24) is 19.5 Å². The van der Waals surface area contributed by atoms with E-state index in [0.717, 1.165) is 4.90 Å². The number of aliphatic hydroxyl groups is 1. The summed E-state index contributed by atoms with van der Waals surface area (Å²) >= 11 is 7.28. The molecule has 2 saturated heterocycles. The molecule has 164 valence electrons. The Morgan fingerprint density at radius 1 is 1.28 bits per heavy atom. The third-order valence-electron chi connectivity index (χ3n) is 4.94. The van der Waals surface area contributed by atoms with Crippen LogP contribution < -0.4 is 40.2 Å². The van der Waals surface area contributed by atoms with Crippen LogP contribution >= 0.6 is 31.2 Å². The zero-order valence-corrected chi connectivity index (χ0v) is 21.2.